The van der Waals surface area contributed by atoms with Crippen LogP contribution in [0.2, 0.25) is 0 Å². The second-order valence-electron chi connectivity index (χ2n) is 5.82. The highest BCUT2D eigenvalue weighted by atomic mass is 15.1. The van der Waals surface area contributed by atoms with Crippen molar-refractivity contribution < 1.29 is 0 Å². The standard InChI is InChI=1S/C13H19N3/c1-2-10-3-9(1)4-12(10)16-8-15-7-13(16)11-5-14-6-11/h7-12,14H,1-6H2. The van der Waals surface area contributed by atoms with Crippen molar-refractivity contribution in [3.05, 3.63) is 18.2 Å². The molecule has 2 saturated carbocycles. The minimum atomic E-state index is 0.724. The molecule has 2 heterocycles. The van der Waals surface area contributed by atoms with Crippen LogP contribution in [0, 0.1) is 11.8 Å². The molecular formula is C13H19N3. The van der Waals surface area contributed by atoms with Crippen LogP contribution in [-0.2, 0) is 0 Å². The Morgan fingerprint density at radius 2 is 2.19 bits per heavy atom. The lowest BCUT2D eigenvalue weighted by molar-refractivity contribution is 0.309. The summed E-state index contributed by atoms with van der Waals surface area (Å²) in [6.45, 7) is 2.29. The quantitative estimate of drug-likeness (QED) is 0.820. The Labute approximate surface area is 96.3 Å². The summed E-state index contributed by atoms with van der Waals surface area (Å²) in [6, 6.07) is 0.775. The van der Waals surface area contributed by atoms with Gasteiger partial charge in [0.1, 0.15) is 0 Å². The van der Waals surface area contributed by atoms with Gasteiger partial charge < -0.3 is 9.88 Å². The Balaban J connectivity index is 1.64. The number of hydrogen-bond donors (Lipinski definition) is 1. The molecule has 3 nitrogen and oxygen atoms in total. The second kappa shape index (κ2) is 3.33. The Morgan fingerprint density at radius 1 is 1.25 bits per heavy atom. The third-order valence-corrected chi connectivity index (χ3v) is 4.95. The van der Waals surface area contributed by atoms with E-state index in [0.29, 0.717) is 0 Å². The highest BCUT2D eigenvalue weighted by molar-refractivity contribution is 5.14. The highest BCUT2D eigenvalue weighted by Crippen LogP contribution is 2.51. The molecule has 86 valence electrons. The van der Waals surface area contributed by atoms with Gasteiger partial charge in [0.2, 0.25) is 0 Å². The van der Waals surface area contributed by atoms with Gasteiger partial charge in [-0.3, -0.25) is 0 Å². The fourth-order valence-electron chi connectivity index (χ4n) is 3.96. The fraction of sp³-hybridized carbons (Fsp3) is 0.769. The molecule has 1 aromatic heterocycles. The molecule has 0 amide bonds. The lowest BCUT2D eigenvalue weighted by Crippen LogP contribution is -2.41. The van der Waals surface area contributed by atoms with E-state index in [4.69, 9.17) is 0 Å². The van der Waals surface area contributed by atoms with E-state index in [9.17, 15) is 0 Å². The van der Waals surface area contributed by atoms with Crippen LogP contribution >= 0.6 is 0 Å². The molecule has 3 fully saturated rings. The summed E-state index contributed by atoms with van der Waals surface area (Å²) < 4.78 is 2.51. The first-order valence-corrected chi connectivity index (χ1v) is 6.64. The molecule has 1 aromatic rings. The summed E-state index contributed by atoms with van der Waals surface area (Å²) in [5.74, 6) is 2.69. The Kier molecular flexibility index (Phi) is 1.92. The maximum Gasteiger partial charge on any atom is 0.0950 e. The molecule has 16 heavy (non-hydrogen) atoms. The number of fused-ring (bicyclic) bond motifs is 2. The maximum absolute atomic E-state index is 4.39. The van der Waals surface area contributed by atoms with Crippen molar-refractivity contribution in [3.63, 3.8) is 0 Å². The van der Waals surface area contributed by atoms with Gasteiger partial charge in [0.15, 0.2) is 0 Å². The molecule has 0 aromatic carbocycles. The van der Waals surface area contributed by atoms with Gasteiger partial charge in [0.25, 0.3) is 0 Å². The Bertz CT molecular complexity index is 394. The van der Waals surface area contributed by atoms with Crippen LogP contribution in [0.1, 0.15) is 43.3 Å². The van der Waals surface area contributed by atoms with Crippen LogP contribution in [0.5, 0.6) is 0 Å². The van der Waals surface area contributed by atoms with Gasteiger partial charge in [-0.05, 0) is 31.1 Å². The van der Waals surface area contributed by atoms with E-state index in [1.54, 1.807) is 0 Å². The summed E-state index contributed by atoms with van der Waals surface area (Å²) in [5.41, 5.74) is 1.48. The van der Waals surface area contributed by atoms with Gasteiger partial charge in [-0.25, -0.2) is 4.98 Å². The number of aromatic nitrogens is 2. The molecule has 2 bridgehead atoms. The SMILES string of the molecule is c1ncn(C2CC3CCC2C3)c1C1CNC1. The maximum atomic E-state index is 4.39. The molecular weight excluding hydrogens is 198 g/mol. The summed E-state index contributed by atoms with van der Waals surface area (Å²) in [6.07, 6.45) is 10.0. The fourth-order valence-corrected chi connectivity index (χ4v) is 3.96. The van der Waals surface area contributed by atoms with Gasteiger partial charge >= 0.3 is 0 Å². The monoisotopic (exact) mass is 217 g/mol. The van der Waals surface area contributed by atoms with E-state index < -0.39 is 0 Å². The lowest BCUT2D eigenvalue weighted by Gasteiger charge is -2.32. The largest absolute Gasteiger partial charge is 0.331 e. The van der Waals surface area contributed by atoms with Crippen molar-refractivity contribution in [2.45, 2.75) is 37.6 Å². The summed E-state index contributed by atoms with van der Waals surface area (Å²) in [7, 11) is 0. The van der Waals surface area contributed by atoms with Crippen LogP contribution in [0.3, 0.4) is 0 Å². The van der Waals surface area contributed by atoms with E-state index >= 15 is 0 Å². The lowest BCUT2D eigenvalue weighted by atomic mass is 9.93. The third kappa shape index (κ3) is 1.21. The van der Waals surface area contributed by atoms with Gasteiger partial charge in [-0.2, -0.15) is 0 Å². The molecule has 3 aliphatic rings. The number of imidazole rings is 1. The van der Waals surface area contributed by atoms with Gasteiger partial charge in [0, 0.05) is 36.9 Å². The average molecular weight is 217 g/mol. The normalized spacial score (nSPS) is 37.9. The van der Waals surface area contributed by atoms with Gasteiger partial charge in [-0.1, -0.05) is 6.42 Å². The number of hydrogen-bond acceptors (Lipinski definition) is 2. The predicted octanol–water partition coefficient (Wildman–Crippen LogP) is 1.93. The summed E-state index contributed by atoms with van der Waals surface area (Å²) in [4.78, 5) is 4.39. The summed E-state index contributed by atoms with van der Waals surface area (Å²) >= 11 is 0. The molecule has 1 N–H and O–H groups in total. The van der Waals surface area contributed by atoms with E-state index in [1.165, 1.54) is 31.4 Å². The van der Waals surface area contributed by atoms with E-state index in [0.717, 1.165) is 36.9 Å². The smallest absolute Gasteiger partial charge is 0.0950 e. The summed E-state index contributed by atoms with van der Waals surface area (Å²) in [5, 5.41) is 3.36. The molecule has 1 saturated heterocycles. The minimum absolute atomic E-state index is 0.724. The molecule has 0 radical (unpaired) electrons. The van der Waals surface area contributed by atoms with Crippen molar-refractivity contribution in [1.82, 2.24) is 14.9 Å². The van der Waals surface area contributed by atoms with Crippen LogP contribution in [0.4, 0.5) is 0 Å². The number of nitrogens with one attached hydrogen (secondary N) is 1. The predicted molar refractivity (Wildman–Crippen MR) is 62.3 cm³/mol. The van der Waals surface area contributed by atoms with Gasteiger partial charge in [0.05, 0.1) is 6.33 Å². The first kappa shape index (κ1) is 9.23. The zero-order valence-electron chi connectivity index (χ0n) is 9.60. The van der Waals surface area contributed by atoms with Crippen molar-refractivity contribution in [2.24, 2.45) is 11.8 Å². The van der Waals surface area contributed by atoms with E-state index in [2.05, 4.69) is 27.4 Å². The molecule has 0 spiro atoms. The van der Waals surface area contributed by atoms with Crippen molar-refractivity contribution in [1.29, 1.82) is 0 Å². The highest BCUT2D eigenvalue weighted by Gasteiger charge is 2.41. The molecule has 4 rings (SSSR count). The van der Waals surface area contributed by atoms with Crippen molar-refractivity contribution >= 4 is 0 Å². The minimum Gasteiger partial charge on any atom is -0.331 e. The second-order valence-corrected chi connectivity index (χ2v) is 5.82. The van der Waals surface area contributed by atoms with Gasteiger partial charge in [-0.15, -0.1) is 0 Å². The topological polar surface area (TPSA) is 29.9 Å². The zero-order valence-corrected chi connectivity index (χ0v) is 9.60. The first-order valence-electron chi connectivity index (χ1n) is 6.64. The van der Waals surface area contributed by atoms with Crippen LogP contribution < -0.4 is 5.32 Å². The van der Waals surface area contributed by atoms with Crippen LogP contribution in [-0.4, -0.2) is 22.6 Å². The molecule has 2 aliphatic carbocycles. The molecule has 3 unspecified atom stereocenters. The molecule has 1 aliphatic heterocycles. The number of nitrogens with zero attached hydrogens (tertiary/aromatic N) is 2. The van der Waals surface area contributed by atoms with E-state index in [1.807, 2.05) is 0 Å². The Hall–Kier alpha value is -0.830. The van der Waals surface area contributed by atoms with E-state index in [-0.39, 0.29) is 0 Å². The number of rotatable bonds is 2. The van der Waals surface area contributed by atoms with Crippen molar-refractivity contribution in [3.8, 4) is 0 Å². The van der Waals surface area contributed by atoms with Crippen molar-refractivity contribution in [2.75, 3.05) is 13.1 Å². The zero-order chi connectivity index (χ0) is 10.5. The average Bonchev–Trinajstić information content (AvgIpc) is 2.87. The Morgan fingerprint density at radius 3 is 2.81 bits per heavy atom. The molecule has 3 heteroatoms. The van der Waals surface area contributed by atoms with Crippen LogP contribution in [0.25, 0.3) is 0 Å². The van der Waals surface area contributed by atoms with Crippen LogP contribution in [0.15, 0.2) is 12.5 Å². The molecule has 3 atom stereocenters. The third-order valence-electron chi connectivity index (χ3n) is 4.95. The first-order chi connectivity index (χ1) is 7.92.